The third-order valence-corrected chi connectivity index (χ3v) is 3.49. The molecule has 0 bridgehead atoms. The van der Waals surface area contributed by atoms with Crippen LogP contribution < -0.4 is 12.3 Å². The maximum absolute atomic E-state index is 10.3. The molecule has 5 heteroatoms. The summed E-state index contributed by atoms with van der Waals surface area (Å²) in [6.45, 7) is 2.26. The highest BCUT2D eigenvalue weighted by Crippen LogP contribution is 2.12. The molecule has 0 heterocycles. The number of unbranched alkanes of at least 4 members (excludes halogenated alkanes) is 12. The Morgan fingerprint density at radius 2 is 0.952 bits per heavy atom. The molecular weight excluding hydrogens is 288 g/mol. The number of carboxylic acids is 1. The highest BCUT2D eigenvalue weighted by Gasteiger charge is 1.96. The van der Waals surface area contributed by atoms with Crippen LogP contribution in [0.1, 0.15) is 96.8 Å². The van der Waals surface area contributed by atoms with Crippen LogP contribution in [0, 0.1) is 0 Å². The van der Waals surface area contributed by atoms with Crippen molar-refractivity contribution < 1.29 is 9.90 Å². The molecule has 0 unspecified atom stereocenters. The highest BCUT2D eigenvalue weighted by atomic mass is 35.5. The van der Waals surface area contributed by atoms with E-state index in [9.17, 15) is 4.79 Å². The molecule has 4 nitrogen and oxygen atoms in total. The predicted molar refractivity (Wildman–Crippen MR) is 95.2 cm³/mol. The lowest BCUT2D eigenvalue weighted by Gasteiger charge is -2.02. The summed E-state index contributed by atoms with van der Waals surface area (Å²) in [4.78, 5) is 10.3. The van der Waals surface area contributed by atoms with Crippen LogP contribution in [0.15, 0.2) is 0 Å². The van der Waals surface area contributed by atoms with Crippen LogP contribution in [0.2, 0.25) is 0 Å². The number of hydrogen-bond acceptors (Lipinski definition) is 3. The minimum absolute atomic E-state index is 0. The lowest BCUT2D eigenvalue weighted by Crippen LogP contribution is -1.93. The monoisotopic (exact) mass is 326 g/mol. The number of rotatable bonds is 14. The van der Waals surface area contributed by atoms with Gasteiger partial charge in [-0.1, -0.05) is 84.0 Å². The molecule has 0 saturated heterocycles. The molecule has 0 spiro atoms. The first-order valence-corrected chi connectivity index (χ1v) is 7.99. The van der Waals surface area contributed by atoms with Crippen molar-refractivity contribution in [1.29, 1.82) is 0 Å². The molecule has 7 N–H and O–H groups in total. The Labute approximate surface area is 138 Å². The first kappa shape index (κ1) is 28.8. The van der Waals surface area contributed by atoms with E-state index in [-0.39, 0.29) is 24.7 Å². The fourth-order valence-corrected chi connectivity index (χ4v) is 2.29. The second kappa shape index (κ2) is 24.7. The third kappa shape index (κ3) is 28.5. The van der Waals surface area contributed by atoms with Crippen molar-refractivity contribution in [1.82, 2.24) is 12.3 Å². The quantitative estimate of drug-likeness (QED) is 0.325. The molecule has 0 aliphatic heterocycles. The fourth-order valence-electron chi connectivity index (χ4n) is 2.29. The van der Waals surface area contributed by atoms with Gasteiger partial charge in [0.15, 0.2) is 0 Å². The average Bonchev–Trinajstić information content (AvgIpc) is 2.34. The Hall–Kier alpha value is -0.320. The zero-order valence-electron chi connectivity index (χ0n) is 14.1. The van der Waals surface area contributed by atoms with E-state index in [4.69, 9.17) is 5.11 Å². The van der Waals surface area contributed by atoms with E-state index in [1.54, 1.807) is 0 Å². The Balaban J connectivity index is -0.000000482. The Morgan fingerprint density at radius 3 is 1.24 bits per heavy atom. The summed E-state index contributed by atoms with van der Waals surface area (Å²) in [5.41, 5.74) is 0. The van der Waals surface area contributed by atoms with Gasteiger partial charge in [-0.2, -0.15) is 0 Å². The normalized spacial score (nSPS) is 9.19. The molecule has 0 radical (unpaired) electrons. The molecule has 0 rings (SSSR count). The maximum Gasteiger partial charge on any atom is 0.303 e. The molecule has 0 aliphatic carbocycles. The van der Waals surface area contributed by atoms with E-state index in [2.05, 4.69) is 6.92 Å². The predicted octanol–water partition coefficient (Wildman–Crippen LogP) is 6.30. The maximum atomic E-state index is 10.3. The minimum atomic E-state index is -0.655. The molecule has 0 aliphatic rings. The fraction of sp³-hybridized carbons (Fsp3) is 0.938. The first-order valence-electron chi connectivity index (χ1n) is 7.99. The molecule has 0 aromatic rings. The van der Waals surface area contributed by atoms with Gasteiger partial charge in [0.1, 0.15) is 0 Å². The largest absolute Gasteiger partial charge is 0.481 e. The lowest BCUT2D eigenvalue weighted by molar-refractivity contribution is -0.137. The topological polar surface area (TPSA) is 107 Å². The summed E-state index contributed by atoms with van der Waals surface area (Å²) >= 11 is 0. The van der Waals surface area contributed by atoms with Crippen molar-refractivity contribution >= 4 is 18.4 Å². The van der Waals surface area contributed by atoms with Crippen molar-refractivity contribution in [2.24, 2.45) is 0 Å². The Morgan fingerprint density at radius 1 is 0.667 bits per heavy atom. The third-order valence-electron chi connectivity index (χ3n) is 3.49. The summed E-state index contributed by atoms with van der Waals surface area (Å²) in [6.07, 6.45) is 17.3. The molecular formula is C16H39ClN2O2. The minimum Gasteiger partial charge on any atom is -0.481 e. The van der Waals surface area contributed by atoms with Gasteiger partial charge in [-0.3, -0.25) is 4.79 Å². The summed E-state index contributed by atoms with van der Waals surface area (Å²) in [6, 6.07) is 0. The molecule has 21 heavy (non-hydrogen) atoms. The second-order valence-corrected chi connectivity index (χ2v) is 5.39. The van der Waals surface area contributed by atoms with Crippen LogP contribution in [0.5, 0.6) is 0 Å². The molecule has 0 saturated carbocycles. The van der Waals surface area contributed by atoms with E-state index in [0.717, 1.165) is 12.8 Å². The van der Waals surface area contributed by atoms with Gasteiger partial charge in [-0.15, -0.1) is 12.4 Å². The van der Waals surface area contributed by atoms with Gasteiger partial charge in [0.25, 0.3) is 0 Å². The zero-order valence-corrected chi connectivity index (χ0v) is 14.9. The summed E-state index contributed by atoms with van der Waals surface area (Å²) in [5, 5.41) is 8.49. The zero-order chi connectivity index (χ0) is 13.5. The number of carbonyl (C=O) groups is 1. The standard InChI is InChI=1S/C16H32O2.ClH.2H3N/c1-2-3-4-5-6-7-8-9-10-11-12-13-14-15-16(17)18;;;/h2-15H2,1H3,(H,17,18);1H;2*1H3. The molecule has 0 fully saturated rings. The van der Waals surface area contributed by atoms with Crippen LogP contribution in [0.4, 0.5) is 0 Å². The molecule has 0 atom stereocenters. The van der Waals surface area contributed by atoms with Crippen LogP contribution in [0.25, 0.3) is 0 Å². The SMILES string of the molecule is CCCCCCCCCCCCCCCC(=O)O.Cl.N.N. The lowest BCUT2D eigenvalue weighted by atomic mass is 10.0. The van der Waals surface area contributed by atoms with Crippen molar-refractivity contribution in [3.63, 3.8) is 0 Å². The summed E-state index contributed by atoms with van der Waals surface area (Å²) in [7, 11) is 0. The first-order chi connectivity index (χ1) is 8.77. The number of aliphatic carboxylic acids is 1. The van der Waals surface area contributed by atoms with E-state index in [0.29, 0.717) is 6.42 Å². The molecule has 0 aromatic heterocycles. The molecule has 0 amide bonds. The highest BCUT2D eigenvalue weighted by molar-refractivity contribution is 5.85. The van der Waals surface area contributed by atoms with Crippen molar-refractivity contribution in [3.8, 4) is 0 Å². The van der Waals surface area contributed by atoms with Gasteiger partial charge in [0.2, 0.25) is 0 Å². The number of carboxylic acid groups (broad SMARTS) is 1. The summed E-state index contributed by atoms with van der Waals surface area (Å²) in [5.74, 6) is -0.655. The average molecular weight is 327 g/mol. The Kier molecular flexibility index (Phi) is 33.8. The Bertz CT molecular complexity index is 193. The van der Waals surface area contributed by atoms with Crippen molar-refractivity contribution in [2.45, 2.75) is 96.8 Å². The van der Waals surface area contributed by atoms with Crippen LogP contribution in [0.3, 0.4) is 0 Å². The van der Waals surface area contributed by atoms with Crippen LogP contribution in [-0.2, 0) is 4.79 Å². The van der Waals surface area contributed by atoms with Gasteiger partial charge in [0.05, 0.1) is 0 Å². The number of hydrogen-bond donors (Lipinski definition) is 3. The second-order valence-electron chi connectivity index (χ2n) is 5.39. The molecule has 132 valence electrons. The molecule has 0 aromatic carbocycles. The van der Waals surface area contributed by atoms with E-state index < -0.39 is 5.97 Å². The van der Waals surface area contributed by atoms with Gasteiger partial charge < -0.3 is 17.4 Å². The van der Waals surface area contributed by atoms with E-state index in [1.165, 1.54) is 70.6 Å². The summed E-state index contributed by atoms with van der Waals surface area (Å²) < 4.78 is 0. The van der Waals surface area contributed by atoms with Crippen molar-refractivity contribution in [3.05, 3.63) is 0 Å². The number of halogens is 1. The van der Waals surface area contributed by atoms with Crippen LogP contribution >= 0.6 is 12.4 Å². The smallest absolute Gasteiger partial charge is 0.303 e. The van der Waals surface area contributed by atoms with Gasteiger partial charge in [-0.25, -0.2) is 0 Å². The van der Waals surface area contributed by atoms with Crippen LogP contribution in [-0.4, -0.2) is 11.1 Å². The van der Waals surface area contributed by atoms with E-state index >= 15 is 0 Å². The van der Waals surface area contributed by atoms with Gasteiger partial charge in [-0.05, 0) is 6.42 Å². The van der Waals surface area contributed by atoms with E-state index in [1.807, 2.05) is 0 Å². The van der Waals surface area contributed by atoms with Gasteiger partial charge >= 0.3 is 5.97 Å². The van der Waals surface area contributed by atoms with Gasteiger partial charge in [0, 0.05) is 6.42 Å². The van der Waals surface area contributed by atoms with Crippen molar-refractivity contribution in [2.75, 3.05) is 0 Å².